The monoisotopic (exact) mass is 292 g/mol. The third kappa shape index (κ3) is 3.75. The van der Waals surface area contributed by atoms with E-state index in [0.29, 0.717) is 16.9 Å². The van der Waals surface area contributed by atoms with Crippen LogP contribution in [0.1, 0.15) is 23.7 Å². The third-order valence-corrected chi connectivity index (χ3v) is 3.81. The van der Waals surface area contributed by atoms with Crippen LogP contribution >= 0.6 is 11.8 Å². The first-order chi connectivity index (χ1) is 9.52. The molecular weight excluding hydrogens is 276 g/mol. The average Bonchev–Trinajstić information content (AvgIpc) is 2.44. The second-order valence-corrected chi connectivity index (χ2v) is 5.14. The van der Waals surface area contributed by atoms with Gasteiger partial charge in [-0.15, -0.1) is 11.8 Å². The van der Waals surface area contributed by atoms with Gasteiger partial charge in [-0.1, -0.05) is 19.1 Å². The van der Waals surface area contributed by atoms with E-state index < -0.39 is 12.0 Å². The number of thioether (sulfide) groups is 1. The van der Waals surface area contributed by atoms with Crippen LogP contribution in [-0.2, 0) is 4.79 Å². The standard InChI is InChI=1S/C14H16N2O3S/c1-3-11(14(18)19)16(2)13(17)10-6-4-5-7-12(10)20-9-8-15/h4-7,11H,3,9H2,1-2H3,(H,18,19). The average molecular weight is 292 g/mol. The maximum atomic E-state index is 12.4. The number of likely N-dealkylation sites (N-methyl/N-ethyl adjacent to an activating group) is 1. The number of carbonyl (C=O) groups is 2. The number of rotatable bonds is 6. The SMILES string of the molecule is CCC(C(=O)O)N(C)C(=O)c1ccccc1SCC#N. The topological polar surface area (TPSA) is 81.4 Å². The van der Waals surface area contributed by atoms with Crippen LogP contribution in [0.4, 0.5) is 0 Å². The molecule has 1 N–H and O–H groups in total. The minimum absolute atomic E-state index is 0.240. The number of carbonyl (C=O) groups excluding carboxylic acids is 1. The lowest BCUT2D eigenvalue weighted by Crippen LogP contribution is -2.42. The first-order valence-corrected chi connectivity index (χ1v) is 7.10. The van der Waals surface area contributed by atoms with Gasteiger partial charge in [-0.05, 0) is 18.6 Å². The maximum absolute atomic E-state index is 12.4. The highest BCUT2D eigenvalue weighted by Gasteiger charge is 2.26. The number of benzene rings is 1. The summed E-state index contributed by atoms with van der Waals surface area (Å²) in [5, 5.41) is 17.7. The van der Waals surface area contributed by atoms with Gasteiger partial charge in [0, 0.05) is 11.9 Å². The van der Waals surface area contributed by atoms with Crippen LogP contribution in [0.2, 0.25) is 0 Å². The number of hydrogen-bond acceptors (Lipinski definition) is 4. The molecule has 20 heavy (non-hydrogen) atoms. The van der Waals surface area contributed by atoms with Gasteiger partial charge in [-0.25, -0.2) is 4.79 Å². The number of aliphatic carboxylic acids is 1. The molecule has 0 heterocycles. The molecular formula is C14H16N2O3S. The molecule has 0 spiro atoms. The van der Waals surface area contributed by atoms with Gasteiger partial charge in [0.05, 0.1) is 17.4 Å². The van der Waals surface area contributed by atoms with Crippen LogP contribution in [0.15, 0.2) is 29.2 Å². The predicted molar refractivity (Wildman–Crippen MR) is 76.6 cm³/mol. The molecule has 1 rings (SSSR count). The van der Waals surface area contributed by atoms with Crippen LogP contribution in [0.5, 0.6) is 0 Å². The Hall–Kier alpha value is -2.00. The Kier molecular flexibility index (Phi) is 6.07. The van der Waals surface area contributed by atoms with Crippen molar-refractivity contribution >= 4 is 23.6 Å². The fourth-order valence-corrected chi connectivity index (χ4v) is 2.53. The number of hydrogen-bond donors (Lipinski definition) is 1. The van der Waals surface area contributed by atoms with Gasteiger partial charge in [-0.3, -0.25) is 4.79 Å². The van der Waals surface area contributed by atoms with E-state index in [9.17, 15) is 9.59 Å². The van der Waals surface area contributed by atoms with Gasteiger partial charge in [-0.2, -0.15) is 5.26 Å². The molecule has 1 unspecified atom stereocenters. The molecule has 0 aliphatic carbocycles. The van der Waals surface area contributed by atoms with Gasteiger partial charge in [0.2, 0.25) is 0 Å². The Bertz CT molecular complexity index is 539. The van der Waals surface area contributed by atoms with Crippen molar-refractivity contribution in [3.63, 3.8) is 0 Å². The van der Waals surface area contributed by atoms with Gasteiger partial charge < -0.3 is 10.0 Å². The lowest BCUT2D eigenvalue weighted by atomic mass is 10.1. The van der Waals surface area contributed by atoms with Crippen molar-refractivity contribution in [3.8, 4) is 6.07 Å². The number of nitriles is 1. The first-order valence-electron chi connectivity index (χ1n) is 6.11. The predicted octanol–water partition coefficient (Wildman–Crippen LogP) is 2.24. The minimum atomic E-state index is -1.02. The fourth-order valence-electron chi connectivity index (χ4n) is 1.82. The second-order valence-electron chi connectivity index (χ2n) is 4.12. The van der Waals surface area contributed by atoms with Crippen molar-refractivity contribution in [3.05, 3.63) is 29.8 Å². The van der Waals surface area contributed by atoms with E-state index in [4.69, 9.17) is 10.4 Å². The van der Waals surface area contributed by atoms with Crippen LogP contribution in [-0.4, -0.2) is 40.7 Å². The summed E-state index contributed by atoms with van der Waals surface area (Å²) >= 11 is 1.26. The zero-order valence-corrected chi connectivity index (χ0v) is 12.2. The Morgan fingerprint density at radius 1 is 1.45 bits per heavy atom. The van der Waals surface area contributed by atoms with Crippen LogP contribution < -0.4 is 0 Å². The molecule has 6 heteroatoms. The molecule has 106 valence electrons. The molecule has 5 nitrogen and oxygen atoms in total. The molecule has 0 aliphatic heterocycles. The molecule has 1 amide bonds. The van der Waals surface area contributed by atoms with Crippen LogP contribution in [0.25, 0.3) is 0 Å². The summed E-state index contributed by atoms with van der Waals surface area (Å²) in [7, 11) is 1.48. The Balaban J connectivity index is 3.02. The van der Waals surface area contributed by atoms with E-state index in [1.807, 2.05) is 6.07 Å². The number of carboxylic acid groups (broad SMARTS) is 1. The summed E-state index contributed by atoms with van der Waals surface area (Å²) in [6.07, 6.45) is 0.338. The van der Waals surface area contributed by atoms with Crippen molar-refractivity contribution in [1.29, 1.82) is 5.26 Å². The molecule has 1 aromatic carbocycles. The quantitative estimate of drug-likeness (QED) is 0.813. The van der Waals surface area contributed by atoms with E-state index >= 15 is 0 Å². The van der Waals surface area contributed by atoms with E-state index in [1.165, 1.54) is 23.7 Å². The smallest absolute Gasteiger partial charge is 0.326 e. The van der Waals surface area contributed by atoms with E-state index in [-0.39, 0.29) is 11.7 Å². The summed E-state index contributed by atoms with van der Waals surface area (Å²) in [6, 6.07) is 8.06. The van der Waals surface area contributed by atoms with Crippen molar-refractivity contribution in [2.24, 2.45) is 0 Å². The molecule has 0 bridgehead atoms. The summed E-state index contributed by atoms with van der Waals surface area (Å²) in [6.45, 7) is 1.72. The Labute approximate surface area is 122 Å². The van der Waals surface area contributed by atoms with E-state index in [2.05, 4.69) is 0 Å². The molecule has 0 saturated heterocycles. The number of amides is 1. The van der Waals surface area contributed by atoms with Crippen molar-refractivity contribution in [2.75, 3.05) is 12.8 Å². The lowest BCUT2D eigenvalue weighted by Gasteiger charge is -2.24. The molecule has 1 aromatic rings. The van der Waals surface area contributed by atoms with Gasteiger partial charge in [0.25, 0.3) is 5.91 Å². The summed E-state index contributed by atoms with van der Waals surface area (Å²) in [4.78, 5) is 25.4. The van der Waals surface area contributed by atoms with Gasteiger partial charge >= 0.3 is 5.97 Å². The highest BCUT2D eigenvalue weighted by Crippen LogP contribution is 2.24. The Morgan fingerprint density at radius 2 is 2.10 bits per heavy atom. The number of nitrogens with zero attached hydrogens (tertiary/aromatic N) is 2. The fraction of sp³-hybridized carbons (Fsp3) is 0.357. The largest absolute Gasteiger partial charge is 0.480 e. The minimum Gasteiger partial charge on any atom is -0.480 e. The van der Waals surface area contributed by atoms with E-state index in [0.717, 1.165) is 0 Å². The third-order valence-electron chi connectivity index (χ3n) is 2.87. The molecule has 0 radical (unpaired) electrons. The van der Waals surface area contributed by atoms with Crippen molar-refractivity contribution in [2.45, 2.75) is 24.3 Å². The maximum Gasteiger partial charge on any atom is 0.326 e. The second kappa shape index (κ2) is 7.56. The summed E-state index contributed by atoms with van der Waals surface area (Å²) in [5.41, 5.74) is 0.426. The van der Waals surface area contributed by atoms with Crippen LogP contribution in [0, 0.1) is 11.3 Å². The highest BCUT2D eigenvalue weighted by atomic mass is 32.2. The zero-order valence-electron chi connectivity index (χ0n) is 11.4. The van der Waals surface area contributed by atoms with Gasteiger partial charge in [0.15, 0.2) is 0 Å². The zero-order chi connectivity index (χ0) is 15.1. The molecule has 0 fully saturated rings. The van der Waals surface area contributed by atoms with Gasteiger partial charge in [0.1, 0.15) is 6.04 Å². The lowest BCUT2D eigenvalue weighted by molar-refractivity contribution is -0.142. The normalized spacial score (nSPS) is 11.4. The molecule has 0 aliphatic rings. The van der Waals surface area contributed by atoms with Crippen LogP contribution in [0.3, 0.4) is 0 Å². The van der Waals surface area contributed by atoms with Crippen molar-refractivity contribution in [1.82, 2.24) is 4.90 Å². The Morgan fingerprint density at radius 3 is 2.65 bits per heavy atom. The van der Waals surface area contributed by atoms with E-state index in [1.54, 1.807) is 31.2 Å². The summed E-state index contributed by atoms with van der Waals surface area (Å²) in [5.74, 6) is -1.13. The highest BCUT2D eigenvalue weighted by molar-refractivity contribution is 7.99. The van der Waals surface area contributed by atoms with Crippen molar-refractivity contribution < 1.29 is 14.7 Å². The number of carboxylic acids is 1. The molecule has 0 aromatic heterocycles. The molecule has 1 atom stereocenters. The summed E-state index contributed by atoms with van der Waals surface area (Å²) < 4.78 is 0. The molecule has 0 saturated carbocycles. The first kappa shape index (κ1) is 16.1.